The average molecular weight is 578 g/mol. The van der Waals surface area contributed by atoms with Crippen molar-refractivity contribution in [3.8, 4) is 5.75 Å². The minimum absolute atomic E-state index is 0.0915. The molecule has 10 nitrogen and oxygen atoms in total. The number of ketones is 1. The van der Waals surface area contributed by atoms with Crippen LogP contribution in [0.5, 0.6) is 5.75 Å². The summed E-state index contributed by atoms with van der Waals surface area (Å²) >= 11 is 0. The molecule has 0 unspecified atom stereocenters. The van der Waals surface area contributed by atoms with Gasteiger partial charge in [-0.1, -0.05) is 6.92 Å². The van der Waals surface area contributed by atoms with Gasteiger partial charge in [0, 0.05) is 31.8 Å². The number of ether oxygens (including phenoxy) is 3. The maximum Gasteiger partial charge on any atom is 0.391 e. The van der Waals surface area contributed by atoms with Crippen LogP contribution in [0.4, 0.5) is 35.3 Å². The van der Waals surface area contributed by atoms with Crippen molar-refractivity contribution in [1.29, 1.82) is 0 Å². The van der Waals surface area contributed by atoms with Crippen LogP contribution in [-0.2, 0) is 9.47 Å². The summed E-state index contributed by atoms with van der Waals surface area (Å²) in [7, 11) is 0. The second-order valence-corrected chi connectivity index (χ2v) is 11.2. The molecule has 0 aliphatic carbocycles. The minimum atomic E-state index is -4.49. The van der Waals surface area contributed by atoms with Crippen LogP contribution < -0.4 is 19.9 Å². The molecule has 2 fully saturated rings. The van der Waals surface area contributed by atoms with Crippen LogP contribution >= 0.6 is 0 Å². The van der Waals surface area contributed by atoms with Gasteiger partial charge in [-0.15, -0.1) is 0 Å². The lowest BCUT2D eigenvalue weighted by Gasteiger charge is -2.46. The van der Waals surface area contributed by atoms with E-state index < -0.39 is 36.1 Å². The molecule has 1 N–H and O–H groups in total. The highest BCUT2D eigenvalue weighted by atomic mass is 19.4. The molecule has 13 heteroatoms. The number of nitrogens with zero attached hydrogens (tertiary/aromatic N) is 4. The summed E-state index contributed by atoms with van der Waals surface area (Å²) in [5.74, 6) is -2.21. The Morgan fingerprint density at radius 3 is 2.78 bits per heavy atom. The largest absolute Gasteiger partial charge is 0.491 e. The molecule has 0 radical (unpaired) electrons. The van der Waals surface area contributed by atoms with Crippen molar-refractivity contribution < 1.29 is 37.0 Å². The molecule has 2 bridgehead atoms. The topological polar surface area (TPSA) is 106 Å². The first-order chi connectivity index (χ1) is 19.3. The van der Waals surface area contributed by atoms with Crippen LogP contribution in [0.15, 0.2) is 24.4 Å². The summed E-state index contributed by atoms with van der Waals surface area (Å²) in [5.41, 5.74) is 1.28. The molecule has 222 valence electrons. The molecule has 2 saturated heterocycles. The first-order valence-corrected chi connectivity index (χ1v) is 13.7. The number of pyridine rings is 2. The summed E-state index contributed by atoms with van der Waals surface area (Å²) in [5, 5.41) is 2.81. The molecule has 3 aliphatic rings. The van der Waals surface area contributed by atoms with E-state index in [1.165, 1.54) is 17.2 Å². The van der Waals surface area contributed by atoms with E-state index in [0.29, 0.717) is 36.6 Å². The van der Waals surface area contributed by atoms with Crippen molar-refractivity contribution in [3.05, 3.63) is 35.7 Å². The van der Waals surface area contributed by atoms with Crippen molar-refractivity contribution in [3.63, 3.8) is 0 Å². The van der Waals surface area contributed by atoms with Crippen LogP contribution in [0, 0.1) is 12.8 Å². The SMILES string of the molecule is Cc1cc(C(=O)C[C@H](C)C(F)(F)F)nc2c1N1CCC[C@@H](C1)N2C(=O)Nc1cc(OC[C@H]2COC(C)(C)O2)ccn1. The molecule has 41 heavy (non-hydrogen) atoms. The van der Waals surface area contributed by atoms with E-state index in [4.69, 9.17) is 14.2 Å². The summed E-state index contributed by atoms with van der Waals surface area (Å²) in [6, 6.07) is 4.03. The second kappa shape index (κ2) is 11.1. The molecule has 2 aromatic rings. The summed E-state index contributed by atoms with van der Waals surface area (Å²) in [4.78, 5) is 38.9. The maximum atomic E-state index is 13.7. The number of carbonyl (C=O) groups is 2. The van der Waals surface area contributed by atoms with Gasteiger partial charge < -0.3 is 19.1 Å². The van der Waals surface area contributed by atoms with Crippen LogP contribution in [0.3, 0.4) is 0 Å². The third kappa shape index (κ3) is 6.40. The molecule has 3 aliphatic heterocycles. The first kappa shape index (κ1) is 29.1. The zero-order valence-corrected chi connectivity index (χ0v) is 23.5. The molecular weight excluding hydrogens is 543 g/mol. The van der Waals surface area contributed by atoms with E-state index >= 15 is 0 Å². The smallest absolute Gasteiger partial charge is 0.391 e. The predicted molar refractivity (Wildman–Crippen MR) is 145 cm³/mol. The number of Topliss-reactive ketones (excluding diaryl/α,β-unsaturated/α-hetero) is 1. The van der Waals surface area contributed by atoms with Crippen molar-refractivity contribution in [2.75, 3.05) is 41.4 Å². The minimum Gasteiger partial charge on any atom is -0.491 e. The van der Waals surface area contributed by atoms with Gasteiger partial charge in [-0.3, -0.25) is 15.0 Å². The van der Waals surface area contributed by atoms with Crippen LogP contribution in [0.1, 0.15) is 56.1 Å². The van der Waals surface area contributed by atoms with E-state index in [1.807, 2.05) is 13.8 Å². The van der Waals surface area contributed by atoms with E-state index in [0.717, 1.165) is 19.9 Å². The van der Waals surface area contributed by atoms with Crippen LogP contribution in [0.25, 0.3) is 0 Å². The molecule has 2 aromatic heterocycles. The van der Waals surface area contributed by atoms with Gasteiger partial charge in [0.25, 0.3) is 0 Å². The van der Waals surface area contributed by atoms with Gasteiger partial charge in [-0.2, -0.15) is 13.2 Å². The fraction of sp³-hybridized carbons (Fsp3) is 0.571. The predicted octanol–water partition coefficient (Wildman–Crippen LogP) is 5.11. The lowest BCUT2D eigenvalue weighted by Crippen LogP contribution is -2.56. The molecule has 3 atom stereocenters. The van der Waals surface area contributed by atoms with E-state index in [1.54, 1.807) is 19.1 Å². The normalized spacial score (nSPS) is 22.2. The van der Waals surface area contributed by atoms with Crippen LogP contribution in [0.2, 0.25) is 0 Å². The highest BCUT2D eigenvalue weighted by molar-refractivity contribution is 6.05. The molecule has 0 saturated carbocycles. The van der Waals surface area contributed by atoms with Gasteiger partial charge in [0.15, 0.2) is 17.4 Å². The maximum absolute atomic E-state index is 13.7. The Bertz CT molecular complexity index is 1320. The average Bonchev–Trinajstić information content (AvgIpc) is 3.25. The molecular formula is C28H34F3N5O5. The number of aryl methyl sites for hydroxylation is 1. The fourth-order valence-electron chi connectivity index (χ4n) is 5.43. The Balaban J connectivity index is 1.36. The second-order valence-electron chi connectivity index (χ2n) is 11.2. The van der Waals surface area contributed by atoms with Gasteiger partial charge in [0.1, 0.15) is 30.0 Å². The van der Waals surface area contributed by atoms with E-state index in [-0.39, 0.29) is 36.1 Å². The van der Waals surface area contributed by atoms with Gasteiger partial charge in [0.2, 0.25) is 0 Å². The number of amides is 2. The Morgan fingerprint density at radius 2 is 2.07 bits per heavy atom. The van der Waals surface area contributed by atoms with Crippen molar-refractivity contribution in [2.24, 2.45) is 5.92 Å². The Morgan fingerprint density at radius 1 is 1.29 bits per heavy atom. The molecule has 0 aromatic carbocycles. The molecule has 5 rings (SSSR count). The number of nitrogens with one attached hydrogen (secondary N) is 1. The fourth-order valence-corrected chi connectivity index (χ4v) is 5.43. The monoisotopic (exact) mass is 577 g/mol. The molecule has 5 heterocycles. The Hall–Kier alpha value is -3.45. The summed E-state index contributed by atoms with van der Waals surface area (Å²) in [6.07, 6.45) is -2.38. The molecule has 0 spiro atoms. The first-order valence-electron chi connectivity index (χ1n) is 13.7. The number of hydrogen-bond donors (Lipinski definition) is 1. The third-order valence-corrected chi connectivity index (χ3v) is 7.50. The number of urea groups is 1. The number of aromatic nitrogens is 2. The standard InChI is InChI=1S/C28H34F3N5O5/c1-16-10-21(22(37)11-17(2)28(29,30)31)33-25-24(16)35-9-5-6-18(13-35)36(25)26(38)34-23-12-19(7-8-32-23)39-14-20-15-40-27(3,4)41-20/h7-8,10,12,17-18,20H,5-6,9,11,13-15H2,1-4H3,(H,32,34,38)/t17-,18-,20-/m0/s1. The zero-order chi connectivity index (χ0) is 29.5. The number of anilines is 3. The van der Waals surface area contributed by atoms with Crippen molar-refractivity contribution in [2.45, 2.75) is 71.1 Å². The number of fused-ring (bicyclic) bond motifs is 4. The van der Waals surface area contributed by atoms with Gasteiger partial charge in [-0.25, -0.2) is 14.8 Å². The summed E-state index contributed by atoms with van der Waals surface area (Å²) in [6.45, 7) is 8.40. The van der Waals surface area contributed by atoms with Crippen molar-refractivity contribution >= 4 is 29.1 Å². The quantitative estimate of drug-likeness (QED) is 0.453. The number of halogens is 3. The van der Waals surface area contributed by atoms with Gasteiger partial charge in [-0.05, 0) is 51.3 Å². The van der Waals surface area contributed by atoms with Crippen LogP contribution in [-0.4, -0.2) is 72.2 Å². The summed E-state index contributed by atoms with van der Waals surface area (Å²) < 4.78 is 56.5. The zero-order valence-electron chi connectivity index (χ0n) is 23.5. The Labute approximate surface area is 236 Å². The number of hydrogen-bond acceptors (Lipinski definition) is 8. The Kier molecular flexibility index (Phi) is 7.86. The lowest BCUT2D eigenvalue weighted by atomic mass is 9.96. The molecule has 2 amide bonds. The highest BCUT2D eigenvalue weighted by Crippen LogP contribution is 2.41. The van der Waals surface area contributed by atoms with E-state index in [9.17, 15) is 22.8 Å². The number of alkyl halides is 3. The van der Waals surface area contributed by atoms with E-state index in [2.05, 4.69) is 20.2 Å². The van der Waals surface area contributed by atoms with Gasteiger partial charge in [0.05, 0.1) is 24.3 Å². The highest BCUT2D eigenvalue weighted by Gasteiger charge is 2.41. The van der Waals surface area contributed by atoms with Crippen molar-refractivity contribution in [1.82, 2.24) is 9.97 Å². The number of piperidine rings is 1. The number of rotatable bonds is 7. The lowest BCUT2D eigenvalue weighted by molar-refractivity contribution is -0.168. The third-order valence-electron chi connectivity index (χ3n) is 7.50. The van der Waals surface area contributed by atoms with Gasteiger partial charge >= 0.3 is 12.2 Å². The number of carbonyl (C=O) groups excluding carboxylic acids is 2.